The number of thioether (sulfide) groups is 1. The molecule has 2 aromatic rings. The predicted molar refractivity (Wildman–Crippen MR) is 86.3 cm³/mol. The zero-order valence-corrected chi connectivity index (χ0v) is 13.1. The summed E-state index contributed by atoms with van der Waals surface area (Å²) in [5.41, 5.74) is 2.51. The quantitative estimate of drug-likeness (QED) is 0.839. The molecule has 0 aromatic heterocycles. The second kappa shape index (κ2) is 6.76. The third kappa shape index (κ3) is 4.08. The van der Waals surface area contributed by atoms with Crippen LogP contribution in [0.3, 0.4) is 0 Å². The molecule has 1 amide bonds. The lowest BCUT2D eigenvalue weighted by molar-refractivity contribution is -0.115. The van der Waals surface area contributed by atoms with Crippen LogP contribution in [0.4, 0.5) is 10.1 Å². The highest BCUT2D eigenvalue weighted by Gasteiger charge is 2.16. The van der Waals surface area contributed by atoms with Crippen LogP contribution in [0.25, 0.3) is 0 Å². The van der Waals surface area contributed by atoms with Crippen molar-refractivity contribution >= 4 is 23.4 Å². The molecule has 1 atom stereocenters. The van der Waals surface area contributed by atoms with Gasteiger partial charge in [0, 0.05) is 4.90 Å². The fraction of sp³-hybridized carbons (Fsp3) is 0.235. The van der Waals surface area contributed by atoms with Gasteiger partial charge in [0.05, 0.1) is 10.9 Å². The number of rotatable bonds is 4. The molecule has 1 N–H and O–H groups in total. The Hall–Kier alpha value is -1.81. The smallest absolute Gasteiger partial charge is 0.237 e. The summed E-state index contributed by atoms with van der Waals surface area (Å²) in [4.78, 5) is 13.2. The van der Waals surface area contributed by atoms with Gasteiger partial charge in [-0.15, -0.1) is 11.8 Å². The number of carbonyl (C=O) groups is 1. The SMILES string of the molecule is Cc1ccc(C)c(S[C@@H](C)C(=O)Nc2ccccc2F)c1. The predicted octanol–water partition coefficient (Wildman–Crippen LogP) is 4.56. The number of benzene rings is 2. The Morgan fingerprint density at radius 2 is 1.90 bits per heavy atom. The number of carbonyl (C=O) groups excluding carboxylic acids is 1. The molecule has 2 nitrogen and oxygen atoms in total. The molecule has 0 bridgehead atoms. The summed E-state index contributed by atoms with van der Waals surface area (Å²) in [6, 6.07) is 12.3. The van der Waals surface area contributed by atoms with Crippen LogP contribution in [0.1, 0.15) is 18.1 Å². The topological polar surface area (TPSA) is 29.1 Å². The molecule has 0 saturated carbocycles. The van der Waals surface area contributed by atoms with Crippen LogP contribution in [0, 0.1) is 19.7 Å². The molecule has 0 heterocycles. The van der Waals surface area contributed by atoms with Crippen LogP contribution in [-0.2, 0) is 4.79 Å². The van der Waals surface area contributed by atoms with E-state index in [1.54, 1.807) is 18.2 Å². The van der Waals surface area contributed by atoms with Gasteiger partial charge in [0.2, 0.25) is 5.91 Å². The van der Waals surface area contributed by atoms with Crippen molar-refractivity contribution in [2.75, 3.05) is 5.32 Å². The molecular weight excluding hydrogens is 285 g/mol. The molecular formula is C17H18FNOS. The van der Waals surface area contributed by atoms with Crippen LogP contribution in [0.2, 0.25) is 0 Å². The maximum Gasteiger partial charge on any atom is 0.237 e. The summed E-state index contributed by atoms with van der Waals surface area (Å²) in [5.74, 6) is -0.624. The third-order valence-corrected chi connectivity index (χ3v) is 4.41. The van der Waals surface area contributed by atoms with Gasteiger partial charge in [0.1, 0.15) is 5.82 Å². The molecule has 2 aromatic carbocycles. The maximum atomic E-state index is 13.5. The van der Waals surface area contributed by atoms with E-state index >= 15 is 0 Å². The van der Waals surface area contributed by atoms with E-state index in [0.717, 1.165) is 16.0 Å². The second-order valence-corrected chi connectivity index (χ2v) is 6.38. The number of amides is 1. The first-order valence-electron chi connectivity index (χ1n) is 6.76. The van der Waals surface area contributed by atoms with Gasteiger partial charge in [0.25, 0.3) is 0 Å². The van der Waals surface area contributed by atoms with Crippen molar-refractivity contribution in [2.24, 2.45) is 0 Å². The Bertz CT molecular complexity index is 657. The number of hydrogen-bond acceptors (Lipinski definition) is 2. The van der Waals surface area contributed by atoms with Crippen molar-refractivity contribution in [3.8, 4) is 0 Å². The maximum absolute atomic E-state index is 13.5. The Kier molecular flexibility index (Phi) is 5.02. The zero-order chi connectivity index (χ0) is 15.4. The molecule has 0 aliphatic heterocycles. The van der Waals surface area contributed by atoms with Gasteiger partial charge in [-0.2, -0.15) is 0 Å². The van der Waals surface area contributed by atoms with E-state index in [2.05, 4.69) is 11.4 Å². The number of nitrogens with one attached hydrogen (secondary N) is 1. The van der Waals surface area contributed by atoms with Crippen LogP contribution in [-0.4, -0.2) is 11.2 Å². The fourth-order valence-electron chi connectivity index (χ4n) is 1.88. The Morgan fingerprint density at radius 3 is 2.62 bits per heavy atom. The van der Waals surface area contributed by atoms with Gasteiger partial charge in [0.15, 0.2) is 0 Å². The third-order valence-electron chi connectivity index (χ3n) is 3.15. The van der Waals surface area contributed by atoms with Crippen LogP contribution in [0.5, 0.6) is 0 Å². The Balaban J connectivity index is 2.06. The number of anilines is 1. The van der Waals surface area contributed by atoms with Crippen LogP contribution >= 0.6 is 11.8 Å². The molecule has 0 spiro atoms. The fourth-order valence-corrected chi connectivity index (χ4v) is 2.93. The number of aryl methyl sites for hydroxylation is 2. The first-order valence-corrected chi connectivity index (χ1v) is 7.64. The van der Waals surface area contributed by atoms with E-state index in [1.807, 2.05) is 32.9 Å². The van der Waals surface area contributed by atoms with E-state index in [1.165, 1.54) is 17.8 Å². The lowest BCUT2D eigenvalue weighted by Gasteiger charge is -2.14. The molecule has 21 heavy (non-hydrogen) atoms. The van der Waals surface area contributed by atoms with Crippen molar-refractivity contribution in [1.82, 2.24) is 0 Å². The summed E-state index contributed by atoms with van der Waals surface area (Å²) in [7, 11) is 0. The molecule has 4 heteroatoms. The average Bonchev–Trinajstić information content (AvgIpc) is 2.45. The van der Waals surface area contributed by atoms with E-state index in [4.69, 9.17) is 0 Å². The first-order chi connectivity index (χ1) is 9.97. The van der Waals surface area contributed by atoms with Crippen LogP contribution in [0.15, 0.2) is 47.4 Å². The molecule has 0 radical (unpaired) electrons. The summed E-state index contributed by atoms with van der Waals surface area (Å²) in [6.07, 6.45) is 0. The van der Waals surface area contributed by atoms with Gasteiger partial charge >= 0.3 is 0 Å². The molecule has 0 aliphatic carbocycles. The number of hydrogen-bond donors (Lipinski definition) is 1. The minimum atomic E-state index is -0.421. The molecule has 0 aliphatic rings. The van der Waals surface area contributed by atoms with Gasteiger partial charge in [-0.05, 0) is 44.5 Å². The highest BCUT2D eigenvalue weighted by Crippen LogP contribution is 2.28. The number of halogens is 1. The Labute approximate surface area is 128 Å². The summed E-state index contributed by atoms with van der Waals surface area (Å²) >= 11 is 1.48. The van der Waals surface area contributed by atoms with E-state index in [9.17, 15) is 9.18 Å². The highest BCUT2D eigenvalue weighted by molar-refractivity contribution is 8.00. The van der Waals surface area contributed by atoms with E-state index in [0.29, 0.717) is 0 Å². The minimum absolute atomic E-state index is 0.203. The first kappa shape index (κ1) is 15.6. The molecule has 0 unspecified atom stereocenters. The average molecular weight is 303 g/mol. The summed E-state index contributed by atoms with van der Waals surface area (Å²) in [6.45, 7) is 5.86. The normalized spacial score (nSPS) is 12.0. The monoisotopic (exact) mass is 303 g/mol. The molecule has 2 rings (SSSR count). The van der Waals surface area contributed by atoms with E-state index < -0.39 is 5.82 Å². The van der Waals surface area contributed by atoms with Crippen molar-refractivity contribution < 1.29 is 9.18 Å². The van der Waals surface area contributed by atoms with E-state index in [-0.39, 0.29) is 16.8 Å². The van der Waals surface area contributed by atoms with Gasteiger partial charge in [-0.1, -0.05) is 29.8 Å². The van der Waals surface area contributed by atoms with Crippen LogP contribution < -0.4 is 5.32 Å². The van der Waals surface area contributed by atoms with Gasteiger partial charge in [-0.3, -0.25) is 4.79 Å². The second-order valence-electron chi connectivity index (χ2n) is 5.00. The van der Waals surface area contributed by atoms with Crippen molar-refractivity contribution in [3.63, 3.8) is 0 Å². The minimum Gasteiger partial charge on any atom is -0.323 e. The van der Waals surface area contributed by atoms with Gasteiger partial charge < -0.3 is 5.32 Å². The van der Waals surface area contributed by atoms with Crippen molar-refractivity contribution in [3.05, 3.63) is 59.4 Å². The highest BCUT2D eigenvalue weighted by atomic mass is 32.2. The largest absolute Gasteiger partial charge is 0.323 e. The molecule has 0 fully saturated rings. The van der Waals surface area contributed by atoms with Crippen molar-refractivity contribution in [2.45, 2.75) is 30.9 Å². The lowest BCUT2D eigenvalue weighted by Crippen LogP contribution is -2.23. The zero-order valence-electron chi connectivity index (χ0n) is 12.3. The Morgan fingerprint density at radius 1 is 1.19 bits per heavy atom. The summed E-state index contributed by atoms with van der Waals surface area (Å²) in [5, 5.41) is 2.33. The molecule has 110 valence electrons. The standard InChI is InChI=1S/C17H18FNOS/c1-11-8-9-12(2)16(10-11)21-13(3)17(20)19-15-7-5-4-6-14(15)18/h4-10,13H,1-3H3,(H,19,20)/t13-/m0/s1. The lowest BCUT2D eigenvalue weighted by atomic mass is 10.2. The van der Waals surface area contributed by atoms with Gasteiger partial charge in [-0.25, -0.2) is 4.39 Å². The number of para-hydroxylation sites is 1. The molecule has 0 saturated heterocycles. The summed E-state index contributed by atoms with van der Waals surface area (Å²) < 4.78 is 13.5. The van der Waals surface area contributed by atoms with Crippen molar-refractivity contribution in [1.29, 1.82) is 0 Å².